The largest absolute Gasteiger partial charge is 0.328 e. The van der Waals surface area contributed by atoms with Gasteiger partial charge in [0.05, 0.1) is 0 Å². The van der Waals surface area contributed by atoms with E-state index in [1.165, 1.54) is 0 Å². The normalized spacial score (nSPS) is 8.27. The van der Waals surface area contributed by atoms with E-state index < -0.39 is 0 Å². The zero-order chi connectivity index (χ0) is 11.7. The lowest BCUT2D eigenvalue weighted by Crippen LogP contribution is -2.00. The van der Waals surface area contributed by atoms with Crippen LogP contribution in [0.2, 0.25) is 0 Å². The van der Waals surface area contributed by atoms with Crippen molar-refractivity contribution in [2.24, 2.45) is 0 Å². The quantitative estimate of drug-likeness (QED) is 0.700. The van der Waals surface area contributed by atoms with Crippen LogP contribution in [0.25, 0.3) is 10.8 Å². The monoisotopic (exact) mass is 205 g/mol. The smallest absolute Gasteiger partial charge is 0.248 e. The molecule has 0 amide bonds. The predicted molar refractivity (Wildman–Crippen MR) is 67.3 cm³/mol. The zero-order valence-electron chi connectivity index (χ0n) is 9.87. The number of benzene rings is 1. The molecule has 0 spiro atoms. The predicted octanol–water partition coefficient (Wildman–Crippen LogP) is 3.58. The Labute approximate surface area is 91.0 Å². The number of fused-ring (bicyclic) bond motifs is 1. The van der Waals surface area contributed by atoms with E-state index in [-0.39, 0.29) is 5.56 Å². The van der Waals surface area contributed by atoms with Crippen molar-refractivity contribution in [3.8, 4) is 0 Å². The molecule has 0 unspecified atom stereocenters. The van der Waals surface area contributed by atoms with Gasteiger partial charge in [0.1, 0.15) is 0 Å². The van der Waals surface area contributed by atoms with E-state index in [0.717, 1.165) is 10.8 Å². The number of hydrogen-bond acceptors (Lipinski definition) is 1. The Morgan fingerprint density at radius 2 is 1.47 bits per heavy atom. The molecule has 1 aromatic carbocycles. The number of nitrogens with one attached hydrogen (secondary N) is 1. The van der Waals surface area contributed by atoms with Crippen molar-refractivity contribution < 1.29 is 0 Å². The summed E-state index contributed by atoms with van der Waals surface area (Å²) in [6.07, 6.45) is 1.72. The summed E-state index contributed by atoms with van der Waals surface area (Å²) in [4.78, 5) is 13.4. The molecule has 0 saturated heterocycles. The van der Waals surface area contributed by atoms with E-state index in [4.69, 9.17) is 0 Å². The molecule has 1 N–H and O–H groups in total. The summed E-state index contributed by atoms with van der Waals surface area (Å²) in [7, 11) is 0. The van der Waals surface area contributed by atoms with Gasteiger partial charge in [-0.05, 0) is 10.8 Å². The molecule has 82 valence electrons. The van der Waals surface area contributed by atoms with E-state index >= 15 is 0 Å². The van der Waals surface area contributed by atoms with Crippen molar-refractivity contribution in [3.63, 3.8) is 0 Å². The summed E-state index contributed by atoms with van der Waals surface area (Å²) in [5.41, 5.74) is -0.0521. The molecule has 2 nitrogen and oxygen atoms in total. The fourth-order valence-electron chi connectivity index (χ4n) is 1.11. The van der Waals surface area contributed by atoms with Gasteiger partial charge in [-0.3, -0.25) is 4.79 Å². The van der Waals surface area contributed by atoms with E-state index in [1.54, 1.807) is 12.3 Å². The topological polar surface area (TPSA) is 32.9 Å². The van der Waals surface area contributed by atoms with E-state index in [9.17, 15) is 4.79 Å². The molecule has 2 aromatic rings. The lowest BCUT2D eigenvalue weighted by atomic mass is 10.2. The summed E-state index contributed by atoms with van der Waals surface area (Å²) in [6, 6.07) is 9.34. The number of rotatable bonds is 0. The minimum atomic E-state index is -0.0521. The van der Waals surface area contributed by atoms with Crippen LogP contribution >= 0.6 is 0 Å². The van der Waals surface area contributed by atoms with Gasteiger partial charge in [0.2, 0.25) is 5.56 Å². The summed E-state index contributed by atoms with van der Waals surface area (Å²) < 4.78 is 0. The molecular formula is C13H19NO. The Morgan fingerprint density at radius 3 is 2.07 bits per heavy atom. The first-order valence-corrected chi connectivity index (χ1v) is 5.44. The molecule has 1 heterocycles. The molecule has 1 aromatic heterocycles. The Morgan fingerprint density at radius 1 is 0.933 bits per heavy atom. The minimum Gasteiger partial charge on any atom is -0.328 e. The maximum Gasteiger partial charge on any atom is 0.248 e. The second kappa shape index (κ2) is 7.80. The number of hydrogen-bond donors (Lipinski definition) is 1. The maximum atomic E-state index is 10.8. The first kappa shape index (κ1) is 13.4. The van der Waals surface area contributed by atoms with Crippen molar-refractivity contribution in [2.75, 3.05) is 0 Å². The van der Waals surface area contributed by atoms with Crippen LogP contribution in [0, 0.1) is 0 Å². The molecule has 2 heteroatoms. The van der Waals surface area contributed by atoms with Gasteiger partial charge in [-0.15, -0.1) is 0 Å². The summed E-state index contributed by atoms with van der Waals surface area (Å²) in [5, 5.41) is 2.04. The lowest BCUT2D eigenvalue weighted by Gasteiger charge is -1.92. The maximum absolute atomic E-state index is 10.8. The zero-order valence-corrected chi connectivity index (χ0v) is 9.87. The molecule has 2 rings (SSSR count). The second-order valence-corrected chi connectivity index (χ2v) is 2.43. The van der Waals surface area contributed by atoms with Crippen molar-refractivity contribution in [2.45, 2.75) is 27.7 Å². The van der Waals surface area contributed by atoms with E-state index in [0.29, 0.717) is 0 Å². The van der Waals surface area contributed by atoms with Gasteiger partial charge >= 0.3 is 0 Å². The van der Waals surface area contributed by atoms with Crippen molar-refractivity contribution in [1.82, 2.24) is 4.98 Å². The Bertz CT molecular complexity index is 431. The average molecular weight is 205 g/mol. The van der Waals surface area contributed by atoms with Crippen LogP contribution in [-0.2, 0) is 0 Å². The lowest BCUT2D eigenvalue weighted by molar-refractivity contribution is 1.27. The van der Waals surface area contributed by atoms with Crippen LogP contribution < -0.4 is 5.56 Å². The molecule has 15 heavy (non-hydrogen) atoms. The van der Waals surface area contributed by atoms with Crippen LogP contribution in [0.5, 0.6) is 0 Å². The van der Waals surface area contributed by atoms with Crippen LogP contribution in [0.4, 0.5) is 0 Å². The third-order valence-electron chi connectivity index (χ3n) is 1.65. The van der Waals surface area contributed by atoms with Gasteiger partial charge < -0.3 is 4.98 Å². The van der Waals surface area contributed by atoms with Gasteiger partial charge in [0, 0.05) is 12.3 Å². The van der Waals surface area contributed by atoms with Crippen LogP contribution in [-0.4, -0.2) is 4.98 Å². The standard InChI is InChI=1S/C9H7NO.2C2H6/c11-9-5-7-3-1-2-4-8(7)6-10-9;2*1-2/h1-6H,(H,10,11);2*1-2H3. The highest BCUT2D eigenvalue weighted by Gasteiger charge is 1.89. The minimum absolute atomic E-state index is 0.0521. The van der Waals surface area contributed by atoms with Crippen molar-refractivity contribution in [1.29, 1.82) is 0 Å². The van der Waals surface area contributed by atoms with Gasteiger partial charge in [0.15, 0.2) is 0 Å². The number of pyridine rings is 1. The van der Waals surface area contributed by atoms with Gasteiger partial charge in [-0.1, -0.05) is 52.0 Å². The molecule has 0 bridgehead atoms. The molecule has 0 aliphatic carbocycles. The van der Waals surface area contributed by atoms with Crippen LogP contribution in [0.15, 0.2) is 41.3 Å². The van der Waals surface area contributed by atoms with Gasteiger partial charge in [0.25, 0.3) is 0 Å². The first-order valence-electron chi connectivity index (χ1n) is 5.44. The average Bonchev–Trinajstić information content (AvgIpc) is 2.34. The molecule has 0 aliphatic heterocycles. The fraction of sp³-hybridized carbons (Fsp3) is 0.308. The van der Waals surface area contributed by atoms with Crippen molar-refractivity contribution in [3.05, 3.63) is 46.9 Å². The highest BCUT2D eigenvalue weighted by molar-refractivity contribution is 5.80. The SMILES string of the molecule is CC.CC.O=c1cc2ccccc2c[nH]1. The third-order valence-corrected chi connectivity index (χ3v) is 1.65. The van der Waals surface area contributed by atoms with Crippen LogP contribution in [0.1, 0.15) is 27.7 Å². The Balaban J connectivity index is 0.000000442. The van der Waals surface area contributed by atoms with Gasteiger partial charge in [-0.25, -0.2) is 0 Å². The highest BCUT2D eigenvalue weighted by Crippen LogP contribution is 2.07. The molecule has 0 saturated carbocycles. The number of aromatic nitrogens is 1. The Hall–Kier alpha value is -1.57. The van der Waals surface area contributed by atoms with E-state index in [2.05, 4.69) is 4.98 Å². The number of H-pyrrole nitrogens is 1. The molecular weight excluding hydrogens is 186 g/mol. The summed E-state index contributed by atoms with van der Waals surface area (Å²) in [5.74, 6) is 0. The molecule has 0 fully saturated rings. The number of aromatic amines is 1. The molecule has 0 atom stereocenters. The fourth-order valence-corrected chi connectivity index (χ4v) is 1.11. The Kier molecular flexibility index (Phi) is 6.98. The second-order valence-electron chi connectivity index (χ2n) is 2.43. The first-order chi connectivity index (χ1) is 7.36. The molecule has 0 radical (unpaired) electrons. The van der Waals surface area contributed by atoms with Gasteiger partial charge in [-0.2, -0.15) is 0 Å². The highest BCUT2D eigenvalue weighted by atomic mass is 16.1. The summed E-state index contributed by atoms with van der Waals surface area (Å²) in [6.45, 7) is 8.00. The summed E-state index contributed by atoms with van der Waals surface area (Å²) >= 11 is 0. The van der Waals surface area contributed by atoms with E-state index in [1.807, 2.05) is 52.0 Å². The third kappa shape index (κ3) is 3.98. The van der Waals surface area contributed by atoms with Crippen molar-refractivity contribution >= 4 is 10.8 Å². The molecule has 0 aliphatic rings. The van der Waals surface area contributed by atoms with Crippen LogP contribution in [0.3, 0.4) is 0 Å².